The Kier molecular flexibility index (Phi) is 2.99. The van der Waals surface area contributed by atoms with Crippen LogP contribution in [0.2, 0.25) is 0 Å². The maximum absolute atomic E-state index is 2.27. The van der Waals surface area contributed by atoms with Crippen LogP contribution in [0.5, 0.6) is 0 Å². The van der Waals surface area contributed by atoms with Gasteiger partial charge in [0.1, 0.15) is 0 Å². The van der Waals surface area contributed by atoms with E-state index in [0.29, 0.717) is 0 Å². The van der Waals surface area contributed by atoms with E-state index in [1.165, 1.54) is 0 Å². The number of hydrogen-bond donors (Lipinski definition) is 0. The first kappa shape index (κ1) is 9.27. The Hall–Kier alpha value is 0.270. The van der Waals surface area contributed by atoms with Gasteiger partial charge in [0, 0.05) is 0 Å². The van der Waals surface area contributed by atoms with E-state index in [1.807, 2.05) is 0 Å². The van der Waals surface area contributed by atoms with Crippen molar-refractivity contribution in [2.24, 2.45) is 0 Å². The second-order valence-corrected chi connectivity index (χ2v) is 6.75. The second-order valence-electron chi connectivity index (χ2n) is 2.84. The van der Waals surface area contributed by atoms with Crippen LogP contribution in [0.3, 0.4) is 0 Å². The van der Waals surface area contributed by atoms with Gasteiger partial charge in [0.2, 0.25) is 0 Å². The minimum absolute atomic E-state index is 0.648. The zero-order chi connectivity index (χ0) is 7.65. The molecule has 0 saturated heterocycles. The van der Waals surface area contributed by atoms with Gasteiger partial charge in [-0.05, 0) is 40.7 Å². The molecule has 0 fully saturated rings. The standard InChI is InChI=1S/C6H18N2S/c1-7(2)9(5,6)8(3)4/h1-6H3. The normalized spacial score (nSPS) is 15.1. The molecule has 0 rings (SSSR count). The highest BCUT2D eigenvalue weighted by atomic mass is 32.3. The van der Waals surface area contributed by atoms with Gasteiger partial charge in [-0.3, -0.25) is 8.61 Å². The predicted octanol–water partition coefficient (Wildman–Crippen LogP) is 1.00. The molecule has 0 unspecified atom stereocenters. The molecular weight excluding hydrogens is 132 g/mol. The average Bonchev–Trinajstić information content (AvgIpc) is 1.65. The number of rotatable bonds is 2. The van der Waals surface area contributed by atoms with Crippen molar-refractivity contribution in [2.75, 3.05) is 40.7 Å². The van der Waals surface area contributed by atoms with Gasteiger partial charge in [-0.15, -0.1) is 10.4 Å². The molecule has 9 heavy (non-hydrogen) atoms. The van der Waals surface area contributed by atoms with Crippen molar-refractivity contribution in [1.29, 1.82) is 0 Å². The molecule has 0 aliphatic rings. The summed E-state index contributed by atoms with van der Waals surface area (Å²) < 4.78 is 4.54. The summed E-state index contributed by atoms with van der Waals surface area (Å²) in [6, 6.07) is 0. The van der Waals surface area contributed by atoms with Crippen LogP contribution < -0.4 is 0 Å². The van der Waals surface area contributed by atoms with E-state index in [1.54, 1.807) is 0 Å². The average molecular weight is 150 g/mol. The summed E-state index contributed by atoms with van der Waals surface area (Å²) in [4.78, 5) is 0. The largest absolute Gasteiger partial charge is 0.263 e. The fourth-order valence-corrected chi connectivity index (χ4v) is 0.980. The molecule has 0 atom stereocenters. The molecule has 0 radical (unpaired) electrons. The van der Waals surface area contributed by atoms with E-state index >= 15 is 0 Å². The zero-order valence-electron chi connectivity index (χ0n) is 7.30. The van der Waals surface area contributed by atoms with Crippen LogP contribution in [0.4, 0.5) is 0 Å². The third-order valence-corrected chi connectivity index (χ3v) is 5.36. The lowest BCUT2D eigenvalue weighted by atomic mass is 11.3. The molecular formula is C6H18N2S. The maximum Gasteiger partial charge on any atom is -0.00326 e. The van der Waals surface area contributed by atoms with E-state index in [9.17, 15) is 0 Å². The van der Waals surface area contributed by atoms with Crippen molar-refractivity contribution in [1.82, 2.24) is 8.61 Å². The third kappa shape index (κ3) is 2.16. The highest BCUT2D eigenvalue weighted by Crippen LogP contribution is 2.42. The van der Waals surface area contributed by atoms with Crippen molar-refractivity contribution in [2.45, 2.75) is 0 Å². The Morgan fingerprint density at radius 2 is 1.00 bits per heavy atom. The lowest BCUT2D eigenvalue weighted by Crippen LogP contribution is -2.29. The Morgan fingerprint density at radius 1 is 0.778 bits per heavy atom. The van der Waals surface area contributed by atoms with Gasteiger partial charge in [0.25, 0.3) is 0 Å². The summed E-state index contributed by atoms with van der Waals surface area (Å²) >= 11 is 0. The fourth-order valence-electron chi connectivity index (χ4n) is 0.327. The van der Waals surface area contributed by atoms with Crippen molar-refractivity contribution in [3.8, 4) is 0 Å². The van der Waals surface area contributed by atoms with E-state index in [4.69, 9.17) is 0 Å². The molecule has 0 aromatic carbocycles. The molecule has 0 amide bonds. The molecule has 0 aliphatic heterocycles. The predicted molar refractivity (Wildman–Crippen MR) is 46.8 cm³/mol. The molecule has 0 heterocycles. The van der Waals surface area contributed by atoms with Gasteiger partial charge in [-0.1, -0.05) is 0 Å². The first-order chi connectivity index (χ1) is 3.89. The molecule has 2 nitrogen and oxygen atoms in total. The Bertz CT molecular complexity index is 79.1. The summed E-state index contributed by atoms with van der Waals surface area (Å²) in [6.45, 7) is 0. The third-order valence-electron chi connectivity index (χ3n) is 1.79. The lowest BCUT2D eigenvalue weighted by molar-refractivity contribution is 0.588. The Balaban J connectivity index is 4.01. The van der Waals surface area contributed by atoms with Crippen LogP contribution in [-0.4, -0.2) is 49.3 Å². The number of nitrogens with zero attached hydrogens (tertiary/aromatic N) is 2. The van der Waals surface area contributed by atoms with Crippen molar-refractivity contribution < 1.29 is 0 Å². The van der Waals surface area contributed by atoms with Gasteiger partial charge < -0.3 is 0 Å². The minimum Gasteiger partial charge on any atom is -0.263 e. The van der Waals surface area contributed by atoms with Gasteiger partial charge in [-0.25, -0.2) is 0 Å². The zero-order valence-corrected chi connectivity index (χ0v) is 8.12. The summed E-state index contributed by atoms with van der Waals surface area (Å²) in [7, 11) is 7.83. The molecule has 0 spiro atoms. The van der Waals surface area contributed by atoms with E-state index in [2.05, 4.69) is 49.3 Å². The van der Waals surface area contributed by atoms with Crippen LogP contribution in [0.25, 0.3) is 0 Å². The Morgan fingerprint density at radius 3 is 1.00 bits per heavy atom. The van der Waals surface area contributed by atoms with Gasteiger partial charge in [0.05, 0.1) is 0 Å². The highest BCUT2D eigenvalue weighted by molar-refractivity contribution is 8.28. The van der Waals surface area contributed by atoms with Crippen molar-refractivity contribution >= 4 is 10.4 Å². The van der Waals surface area contributed by atoms with Gasteiger partial charge in [0.15, 0.2) is 0 Å². The summed E-state index contributed by atoms with van der Waals surface area (Å²) in [5.41, 5.74) is 0. The smallest absolute Gasteiger partial charge is 0.00326 e. The van der Waals surface area contributed by atoms with Gasteiger partial charge >= 0.3 is 0 Å². The second kappa shape index (κ2) is 2.90. The van der Waals surface area contributed by atoms with E-state index in [0.717, 1.165) is 0 Å². The molecule has 3 heteroatoms. The monoisotopic (exact) mass is 150 g/mol. The lowest BCUT2D eigenvalue weighted by Gasteiger charge is -2.44. The van der Waals surface area contributed by atoms with Crippen LogP contribution in [0.15, 0.2) is 0 Å². The first-order valence-electron chi connectivity index (χ1n) is 2.97. The van der Waals surface area contributed by atoms with Gasteiger partial charge in [-0.2, -0.15) is 0 Å². The first-order valence-corrected chi connectivity index (χ1v) is 5.33. The summed E-state index contributed by atoms with van der Waals surface area (Å²) in [5, 5.41) is 0. The maximum atomic E-state index is 2.27. The fraction of sp³-hybridized carbons (Fsp3) is 1.00. The molecule has 0 saturated carbocycles. The van der Waals surface area contributed by atoms with Crippen molar-refractivity contribution in [3.05, 3.63) is 0 Å². The molecule has 0 N–H and O–H groups in total. The SMILES string of the molecule is CN(C)S(C)(C)N(C)C. The quantitative estimate of drug-likeness (QED) is 0.579. The van der Waals surface area contributed by atoms with Crippen LogP contribution in [0, 0.1) is 0 Å². The summed E-state index contributed by atoms with van der Waals surface area (Å²) in [5.74, 6) is 0. The van der Waals surface area contributed by atoms with Crippen molar-refractivity contribution in [3.63, 3.8) is 0 Å². The van der Waals surface area contributed by atoms with Crippen LogP contribution in [0.1, 0.15) is 0 Å². The van der Waals surface area contributed by atoms with Crippen LogP contribution >= 0.6 is 10.4 Å². The van der Waals surface area contributed by atoms with Crippen LogP contribution in [-0.2, 0) is 0 Å². The number of hydrogen-bond acceptors (Lipinski definition) is 2. The molecule has 0 aromatic heterocycles. The highest BCUT2D eigenvalue weighted by Gasteiger charge is 2.15. The topological polar surface area (TPSA) is 6.48 Å². The Labute approximate surface area is 60.4 Å². The molecule has 0 aromatic rings. The molecule has 0 aliphatic carbocycles. The summed E-state index contributed by atoms with van der Waals surface area (Å²) in [6.07, 6.45) is 4.54. The molecule has 58 valence electrons. The minimum atomic E-state index is -0.648. The van der Waals surface area contributed by atoms with E-state index < -0.39 is 10.4 Å². The molecule has 0 bridgehead atoms. The van der Waals surface area contributed by atoms with E-state index in [-0.39, 0.29) is 0 Å².